The van der Waals surface area contributed by atoms with Crippen LogP contribution in [0.15, 0.2) is 24.7 Å². The maximum absolute atomic E-state index is 11.6. The molecule has 1 saturated heterocycles. The SMILES string of the molecule is CC(=O)N1CCC[C@@H](Cc2cncc(-c3ccnn3C(C)C)n2)C1. The fourth-order valence-electron chi connectivity index (χ4n) is 3.37. The molecule has 0 aromatic carbocycles. The number of aromatic nitrogens is 4. The maximum Gasteiger partial charge on any atom is 0.219 e. The zero-order chi connectivity index (χ0) is 17.1. The predicted octanol–water partition coefficient (Wildman–Crippen LogP) is 2.72. The molecule has 0 aliphatic carbocycles. The van der Waals surface area contributed by atoms with Crippen LogP contribution in [0.5, 0.6) is 0 Å². The summed E-state index contributed by atoms with van der Waals surface area (Å²) in [6.07, 6.45) is 8.50. The van der Waals surface area contributed by atoms with Crippen molar-refractivity contribution in [2.75, 3.05) is 13.1 Å². The molecule has 0 spiro atoms. The minimum atomic E-state index is 0.167. The zero-order valence-electron chi connectivity index (χ0n) is 14.6. The van der Waals surface area contributed by atoms with Gasteiger partial charge in [0.1, 0.15) is 5.69 Å². The molecule has 6 heteroatoms. The highest BCUT2D eigenvalue weighted by Gasteiger charge is 2.22. The smallest absolute Gasteiger partial charge is 0.219 e. The van der Waals surface area contributed by atoms with Crippen LogP contribution in [0.3, 0.4) is 0 Å². The van der Waals surface area contributed by atoms with Gasteiger partial charge in [-0.2, -0.15) is 5.10 Å². The van der Waals surface area contributed by atoms with E-state index in [2.05, 4.69) is 23.9 Å². The summed E-state index contributed by atoms with van der Waals surface area (Å²) >= 11 is 0. The Kier molecular flexibility index (Phi) is 4.92. The molecule has 1 aliphatic rings. The van der Waals surface area contributed by atoms with E-state index in [-0.39, 0.29) is 11.9 Å². The standard InChI is InChI=1S/C18H25N5O/c1-13(2)23-18(6-7-20-23)17-11-19-10-16(21-17)9-15-5-4-8-22(12-15)14(3)24/h6-7,10-11,13,15H,4-5,8-9,12H2,1-3H3/t15-/m0/s1. The molecule has 1 aliphatic heterocycles. The monoisotopic (exact) mass is 327 g/mol. The first-order chi connectivity index (χ1) is 11.5. The number of rotatable bonds is 4. The van der Waals surface area contributed by atoms with Crippen molar-refractivity contribution in [3.8, 4) is 11.4 Å². The van der Waals surface area contributed by atoms with Gasteiger partial charge in [-0.25, -0.2) is 4.98 Å². The number of likely N-dealkylation sites (tertiary alicyclic amines) is 1. The number of nitrogens with zero attached hydrogens (tertiary/aromatic N) is 5. The summed E-state index contributed by atoms with van der Waals surface area (Å²) in [6.45, 7) is 7.56. The summed E-state index contributed by atoms with van der Waals surface area (Å²) in [6, 6.07) is 2.26. The van der Waals surface area contributed by atoms with E-state index in [0.29, 0.717) is 5.92 Å². The fourth-order valence-corrected chi connectivity index (χ4v) is 3.37. The Bertz CT molecular complexity index is 709. The Morgan fingerprint density at radius 2 is 2.21 bits per heavy atom. The number of hydrogen-bond donors (Lipinski definition) is 0. The Hall–Kier alpha value is -2.24. The van der Waals surface area contributed by atoms with Crippen molar-refractivity contribution in [1.82, 2.24) is 24.6 Å². The largest absolute Gasteiger partial charge is 0.343 e. The third-order valence-electron chi connectivity index (χ3n) is 4.57. The Balaban J connectivity index is 1.76. The summed E-state index contributed by atoms with van der Waals surface area (Å²) < 4.78 is 1.96. The van der Waals surface area contributed by atoms with Crippen LogP contribution in [0.1, 0.15) is 45.3 Å². The minimum absolute atomic E-state index is 0.167. The van der Waals surface area contributed by atoms with Crippen molar-refractivity contribution in [1.29, 1.82) is 0 Å². The minimum Gasteiger partial charge on any atom is -0.343 e. The molecule has 3 rings (SSSR count). The highest BCUT2D eigenvalue weighted by atomic mass is 16.2. The summed E-state index contributed by atoms with van der Waals surface area (Å²) in [4.78, 5) is 22.7. The van der Waals surface area contributed by atoms with Crippen molar-refractivity contribution < 1.29 is 4.79 Å². The van der Waals surface area contributed by atoms with Crippen LogP contribution < -0.4 is 0 Å². The van der Waals surface area contributed by atoms with Crippen LogP contribution in [0.4, 0.5) is 0 Å². The summed E-state index contributed by atoms with van der Waals surface area (Å²) in [7, 11) is 0. The molecule has 2 aromatic rings. The average Bonchev–Trinajstić information content (AvgIpc) is 3.05. The van der Waals surface area contributed by atoms with E-state index < -0.39 is 0 Å². The Labute approximate surface area is 142 Å². The highest BCUT2D eigenvalue weighted by Crippen LogP contribution is 2.23. The zero-order valence-corrected chi connectivity index (χ0v) is 14.6. The second kappa shape index (κ2) is 7.11. The third-order valence-corrected chi connectivity index (χ3v) is 4.57. The lowest BCUT2D eigenvalue weighted by molar-refractivity contribution is -0.130. The van der Waals surface area contributed by atoms with Gasteiger partial charge in [0.25, 0.3) is 0 Å². The molecule has 0 saturated carbocycles. The quantitative estimate of drug-likeness (QED) is 0.866. The lowest BCUT2D eigenvalue weighted by Gasteiger charge is -2.31. The van der Waals surface area contributed by atoms with Gasteiger partial charge in [0.2, 0.25) is 5.91 Å². The summed E-state index contributed by atoms with van der Waals surface area (Å²) in [5, 5.41) is 4.37. The average molecular weight is 327 g/mol. The van der Waals surface area contributed by atoms with Crippen LogP contribution in [0.25, 0.3) is 11.4 Å². The summed E-state index contributed by atoms with van der Waals surface area (Å²) in [5.41, 5.74) is 2.84. The molecule has 6 nitrogen and oxygen atoms in total. The number of hydrogen-bond acceptors (Lipinski definition) is 4. The van der Waals surface area contributed by atoms with Crippen molar-refractivity contribution in [2.24, 2.45) is 5.92 Å². The number of piperidine rings is 1. The molecular formula is C18H25N5O. The highest BCUT2D eigenvalue weighted by molar-refractivity contribution is 5.73. The second-order valence-electron chi connectivity index (χ2n) is 6.83. The molecule has 1 fully saturated rings. The van der Waals surface area contributed by atoms with Gasteiger partial charge in [0.05, 0.1) is 17.6 Å². The Morgan fingerprint density at radius 1 is 1.38 bits per heavy atom. The van der Waals surface area contributed by atoms with E-state index in [1.165, 1.54) is 0 Å². The topological polar surface area (TPSA) is 63.9 Å². The molecule has 1 amide bonds. The van der Waals surface area contributed by atoms with Gasteiger partial charge in [-0.1, -0.05) is 0 Å². The van der Waals surface area contributed by atoms with Gasteiger partial charge in [0, 0.05) is 38.4 Å². The van der Waals surface area contributed by atoms with Crippen LogP contribution >= 0.6 is 0 Å². The van der Waals surface area contributed by atoms with Gasteiger partial charge in [-0.3, -0.25) is 14.5 Å². The molecule has 1 atom stereocenters. The van der Waals surface area contributed by atoms with E-state index in [1.54, 1.807) is 19.3 Å². The van der Waals surface area contributed by atoms with E-state index in [4.69, 9.17) is 4.98 Å². The molecule has 0 radical (unpaired) electrons. The van der Waals surface area contributed by atoms with E-state index >= 15 is 0 Å². The maximum atomic E-state index is 11.6. The van der Waals surface area contributed by atoms with Gasteiger partial charge < -0.3 is 4.90 Å². The van der Waals surface area contributed by atoms with Crippen LogP contribution in [-0.2, 0) is 11.2 Å². The number of amides is 1. The van der Waals surface area contributed by atoms with Gasteiger partial charge in [-0.15, -0.1) is 0 Å². The molecule has 0 unspecified atom stereocenters. The number of carbonyl (C=O) groups is 1. The Morgan fingerprint density at radius 3 is 2.96 bits per heavy atom. The van der Waals surface area contributed by atoms with Crippen molar-refractivity contribution in [2.45, 2.75) is 46.1 Å². The van der Waals surface area contributed by atoms with Crippen molar-refractivity contribution in [3.63, 3.8) is 0 Å². The number of carbonyl (C=O) groups excluding carboxylic acids is 1. The fraction of sp³-hybridized carbons (Fsp3) is 0.556. The van der Waals surface area contributed by atoms with Crippen molar-refractivity contribution in [3.05, 3.63) is 30.4 Å². The lowest BCUT2D eigenvalue weighted by atomic mass is 9.93. The first-order valence-electron chi connectivity index (χ1n) is 8.65. The first-order valence-corrected chi connectivity index (χ1v) is 8.65. The van der Waals surface area contributed by atoms with E-state index in [0.717, 1.165) is 49.4 Å². The van der Waals surface area contributed by atoms with Gasteiger partial charge in [-0.05, 0) is 45.1 Å². The lowest BCUT2D eigenvalue weighted by Crippen LogP contribution is -2.39. The molecule has 2 aromatic heterocycles. The first kappa shape index (κ1) is 16.6. The molecular weight excluding hydrogens is 302 g/mol. The molecule has 24 heavy (non-hydrogen) atoms. The van der Waals surface area contributed by atoms with Crippen LogP contribution in [0.2, 0.25) is 0 Å². The summed E-state index contributed by atoms with van der Waals surface area (Å²) in [5.74, 6) is 0.627. The van der Waals surface area contributed by atoms with E-state index in [9.17, 15) is 4.79 Å². The molecule has 3 heterocycles. The normalized spacial score (nSPS) is 18.2. The van der Waals surface area contributed by atoms with Crippen molar-refractivity contribution >= 4 is 5.91 Å². The molecule has 0 N–H and O–H groups in total. The van der Waals surface area contributed by atoms with Crippen LogP contribution in [-0.4, -0.2) is 43.6 Å². The molecule has 128 valence electrons. The van der Waals surface area contributed by atoms with Gasteiger partial charge >= 0.3 is 0 Å². The molecule has 0 bridgehead atoms. The predicted molar refractivity (Wildman–Crippen MR) is 92.3 cm³/mol. The second-order valence-corrected chi connectivity index (χ2v) is 6.83. The van der Waals surface area contributed by atoms with E-state index in [1.807, 2.05) is 21.8 Å². The van der Waals surface area contributed by atoms with Gasteiger partial charge in [0.15, 0.2) is 0 Å². The van der Waals surface area contributed by atoms with Crippen LogP contribution in [0, 0.1) is 5.92 Å². The third kappa shape index (κ3) is 3.63.